The van der Waals surface area contributed by atoms with E-state index in [0.717, 1.165) is 6.07 Å². The molecule has 0 radical (unpaired) electrons. The van der Waals surface area contributed by atoms with Crippen molar-refractivity contribution in [3.63, 3.8) is 0 Å². The van der Waals surface area contributed by atoms with Crippen LogP contribution in [0.2, 0.25) is 0 Å². The average molecular weight is 363 g/mol. The number of nitrogens with one attached hydrogen (secondary N) is 1. The molecule has 4 nitrogen and oxygen atoms in total. The summed E-state index contributed by atoms with van der Waals surface area (Å²) in [7, 11) is -4.18. The maximum atomic E-state index is 13.7. The first kappa shape index (κ1) is 14.9. The third-order valence-electron chi connectivity index (χ3n) is 2.50. The highest BCUT2D eigenvalue weighted by atomic mass is 79.9. The first-order chi connectivity index (χ1) is 9.31. The summed E-state index contributed by atoms with van der Waals surface area (Å²) >= 11 is 2.85. The number of pyridine rings is 1. The molecule has 0 unspecified atom stereocenters. The zero-order valence-electron chi connectivity index (χ0n) is 10.2. The highest BCUT2D eigenvalue weighted by Gasteiger charge is 2.24. The lowest BCUT2D eigenvalue weighted by molar-refractivity contribution is 0.548. The van der Waals surface area contributed by atoms with E-state index in [1.165, 1.54) is 18.5 Å². The fraction of sp³-hybridized carbons (Fsp3) is 0.0833. The number of aryl methyl sites for hydroxylation is 1. The Morgan fingerprint density at radius 1 is 1.30 bits per heavy atom. The van der Waals surface area contributed by atoms with Crippen LogP contribution in [-0.2, 0) is 10.0 Å². The summed E-state index contributed by atoms with van der Waals surface area (Å²) in [6.07, 6.45) is 2.87. The highest BCUT2D eigenvalue weighted by molar-refractivity contribution is 9.10. The van der Waals surface area contributed by atoms with E-state index in [2.05, 4.69) is 25.6 Å². The second-order valence-corrected chi connectivity index (χ2v) is 6.47. The molecule has 0 spiro atoms. The van der Waals surface area contributed by atoms with Gasteiger partial charge in [-0.1, -0.05) is 0 Å². The molecule has 106 valence electrons. The molecule has 0 aliphatic rings. The first-order valence-electron chi connectivity index (χ1n) is 5.39. The van der Waals surface area contributed by atoms with Gasteiger partial charge in [0.15, 0.2) is 0 Å². The van der Waals surface area contributed by atoms with Crippen LogP contribution in [0.25, 0.3) is 0 Å². The van der Waals surface area contributed by atoms with Gasteiger partial charge in [-0.2, -0.15) is 0 Å². The number of rotatable bonds is 3. The smallest absolute Gasteiger partial charge is 0.265 e. The van der Waals surface area contributed by atoms with Crippen molar-refractivity contribution in [1.29, 1.82) is 0 Å². The molecular weight excluding hydrogens is 354 g/mol. The Morgan fingerprint density at radius 3 is 2.60 bits per heavy atom. The van der Waals surface area contributed by atoms with Gasteiger partial charge in [-0.3, -0.25) is 9.71 Å². The fourth-order valence-electron chi connectivity index (χ4n) is 1.57. The molecule has 0 aliphatic carbocycles. The van der Waals surface area contributed by atoms with Gasteiger partial charge in [0.05, 0.1) is 5.69 Å². The molecule has 0 fully saturated rings. The lowest BCUT2D eigenvalue weighted by Crippen LogP contribution is -2.16. The zero-order valence-corrected chi connectivity index (χ0v) is 12.6. The van der Waals surface area contributed by atoms with E-state index in [4.69, 9.17) is 0 Å². The van der Waals surface area contributed by atoms with E-state index in [-0.39, 0.29) is 10.2 Å². The molecular formula is C12H9BrF2N2O2S. The molecule has 8 heteroatoms. The Kier molecular flexibility index (Phi) is 4.05. The first-order valence-corrected chi connectivity index (χ1v) is 7.67. The van der Waals surface area contributed by atoms with Crippen LogP contribution in [0.5, 0.6) is 0 Å². The minimum atomic E-state index is -4.18. The number of benzene rings is 1. The van der Waals surface area contributed by atoms with E-state index < -0.39 is 26.6 Å². The SMILES string of the molecule is Cc1cnccc1NS(=O)(=O)c1c(F)cc(F)cc1Br. The van der Waals surface area contributed by atoms with Crippen LogP contribution in [0.3, 0.4) is 0 Å². The van der Waals surface area contributed by atoms with Crippen LogP contribution >= 0.6 is 15.9 Å². The van der Waals surface area contributed by atoms with Crippen molar-refractivity contribution in [2.24, 2.45) is 0 Å². The van der Waals surface area contributed by atoms with E-state index in [9.17, 15) is 17.2 Å². The van der Waals surface area contributed by atoms with Crippen molar-refractivity contribution in [1.82, 2.24) is 4.98 Å². The summed E-state index contributed by atoms with van der Waals surface area (Å²) in [4.78, 5) is 3.18. The van der Waals surface area contributed by atoms with Crippen molar-refractivity contribution >= 4 is 31.6 Å². The molecule has 0 atom stereocenters. The summed E-state index contributed by atoms with van der Waals surface area (Å²) in [5, 5.41) is 0. The lowest BCUT2D eigenvalue weighted by Gasteiger charge is -2.12. The van der Waals surface area contributed by atoms with Gasteiger partial charge in [-0.25, -0.2) is 17.2 Å². The Hall–Kier alpha value is -1.54. The van der Waals surface area contributed by atoms with Crippen LogP contribution in [0.15, 0.2) is 40.0 Å². The molecule has 1 aromatic carbocycles. The summed E-state index contributed by atoms with van der Waals surface area (Å²) in [5.41, 5.74) is 0.852. The van der Waals surface area contributed by atoms with Crippen molar-refractivity contribution in [2.45, 2.75) is 11.8 Å². The largest absolute Gasteiger partial charge is 0.279 e. The minimum Gasteiger partial charge on any atom is -0.279 e. The second-order valence-electron chi connectivity index (χ2n) is 3.99. The van der Waals surface area contributed by atoms with Crippen LogP contribution in [0, 0.1) is 18.6 Å². The van der Waals surface area contributed by atoms with Crippen molar-refractivity contribution in [3.05, 3.63) is 52.3 Å². The molecule has 1 aromatic heterocycles. The zero-order chi connectivity index (χ0) is 14.9. The molecule has 20 heavy (non-hydrogen) atoms. The summed E-state index contributed by atoms with van der Waals surface area (Å²) < 4.78 is 53.1. The third kappa shape index (κ3) is 2.96. The third-order valence-corrected chi connectivity index (χ3v) is 4.83. The Labute approximate surface area is 123 Å². The number of nitrogens with zero attached hydrogens (tertiary/aromatic N) is 1. The molecule has 2 aromatic rings. The number of sulfonamides is 1. The van der Waals surface area contributed by atoms with Gasteiger partial charge < -0.3 is 0 Å². The lowest BCUT2D eigenvalue weighted by atomic mass is 10.3. The molecule has 0 aliphatic heterocycles. The number of halogens is 3. The maximum absolute atomic E-state index is 13.7. The predicted octanol–water partition coefficient (Wildman–Crippen LogP) is 3.23. The predicted molar refractivity (Wildman–Crippen MR) is 73.8 cm³/mol. The van der Waals surface area contributed by atoms with Gasteiger partial charge in [0.1, 0.15) is 16.5 Å². The van der Waals surface area contributed by atoms with E-state index in [0.29, 0.717) is 11.6 Å². The molecule has 2 rings (SSSR count). The van der Waals surface area contributed by atoms with Crippen molar-refractivity contribution in [2.75, 3.05) is 4.72 Å². The number of aromatic nitrogens is 1. The van der Waals surface area contributed by atoms with E-state index >= 15 is 0 Å². The molecule has 0 saturated carbocycles. The molecule has 0 bridgehead atoms. The fourth-order valence-corrected chi connectivity index (χ4v) is 3.87. The molecule has 1 heterocycles. The number of hydrogen-bond donors (Lipinski definition) is 1. The van der Waals surface area contributed by atoms with Crippen LogP contribution in [0.4, 0.5) is 14.5 Å². The van der Waals surface area contributed by atoms with E-state index in [1.807, 2.05) is 0 Å². The topological polar surface area (TPSA) is 59.1 Å². The van der Waals surface area contributed by atoms with Gasteiger partial charge in [0, 0.05) is 22.9 Å². The number of hydrogen-bond acceptors (Lipinski definition) is 3. The molecule has 0 saturated heterocycles. The van der Waals surface area contributed by atoms with Gasteiger partial charge in [0.25, 0.3) is 10.0 Å². The quantitative estimate of drug-likeness (QED) is 0.911. The van der Waals surface area contributed by atoms with Crippen LogP contribution < -0.4 is 4.72 Å². The van der Waals surface area contributed by atoms with Crippen LogP contribution in [-0.4, -0.2) is 13.4 Å². The molecule has 1 N–H and O–H groups in total. The summed E-state index contributed by atoms with van der Waals surface area (Å²) in [6, 6.07) is 2.85. The number of anilines is 1. The monoisotopic (exact) mass is 362 g/mol. The normalized spacial score (nSPS) is 11.4. The summed E-state index contributed by atoms with van der Waals surface area (Å²) in [5.74, 6) is -2.04. The van der Waals surface area contributed by atoms with Crippen molar-refractivity contribution in [3.8, 4) is 0 Å². The molecule has 0 amide bonds. The van der Waals surface area contributed by atoms with Crippen LogP contribution in [0.1, 0.15) is 5.56 Å². The average Bonchev–Trinajstić information content (AvgIpc) is 2.30. The Balaban J connectivity index is 2.50. The standard InChI is InChI=1S/C12H9BrF2N2O2S/c1-7-6-16-3-2-11(7)17-20(18,19)12-9(13)4-8(14)5-10(12)15/h2-6H,1H3,(H,16,17). The van der Waals surface area contributed by atoms with Gasteiger partial charge in [-0.05, 0) is 40.5 Å². The Morgan fingerprint density at radius 2 is 2.00 bits per heavy atom. The second kappa shape index (κ2) is 5.45. The minimum absolute atomic E-state index is 0.186. The van der Waals surface area contributed by atoms with Gasteiger partial charge >= 0.3 is 0 Å². The van der Waals surface area contributed by atoms with E-state index in [1.54, 1.807) is 6.92 Å². The maximum Gasteiger partial charge on any atom is 0.265 e. The van der Waals surface area contributed by atoms with Gasteiger partial charge in [0.2, 0.25) is 0 Å². The highest BCUT2D eigenvalue weighted by Crippen LogP contribution is 2.28. The van der Waals surface area contributed by atoms with Crippen molar-refractivity contribution < 1.29 is 17.2 Å². The Bertz CT molecular complexity index is 743. The summed E-state index contributed by atoms with van der Waals surface area (Å²) in [6.45, 7) is 1.65. The van der Waals surface area contributed by atoms with Gasteiger partial charge in [-0.15, -0.1) is 0 Å².